The molecule has 3 aliphatic rings. The van der Waals surface area contributed by atoms with Crippen molar-refractivity contribution in [3.63, 3.8) is 0 Å². The number of β-lactam (4-membered cyclic amide) rings is 1. The highest BCUT2D eigenvalue weighted by Gasteiger charge is 2.60. The first-order chi connectivity index (χ1) is 12.1. The van der Waals surface area contributed by atoms with Gasteiger partial charge >= 0.3 is 5.97 Å². The van der Waals surface area contributed by atoms with Crippen LogP contribution in [-0.2, 0) is 14.4 Å². The predicted octanol–water partition coefficient (Wildman–Crippen LogP) is -2.78. The number of hydrogen-bond donors (Lipinski definition) is 3. The third-order valence-corrected chi connectivity index (χ3v) is 6.95. The maximum Gasteiger partial charge on any atom is 0.353 e. The molecule has 0 saturated carbocycles. The molecular weight excluding hydrogens is 406 g/mol. The number of carbonyl (C=O) groups excluding carboxylic acids is 2. The Labute approximate surface area is 173 Å². The molecule has 9 N–H and O–H groups in total. The molecule has 0 aromatic heterocycles. The summed E-state index contributed by atoms with van der Waals surface area (Å²) in [5.74, 6) is -2.14. The van der Waals surface area contributed by atoms with Crippen molar-refractivity contribution in [3.05, 3.63) is 10.6 Å². The van der Waals surface area contributed by atoms with E-state index in [1.807, 2.05) is 6.92 Å². The van der Waals surface area contributed by atoms with E-state index in [2.05, 4.69) is 5.32 Å². The average molecular weight is 438 g/mol. The second-order valence-corrected chi connectivity index (χ2v) is 8.78. The van der Waals surface area contributed by atoms with Gasteiger partial charge in [0.2, 0.25) is 11.8 Å². The van der Waals surface area contributed by atoms with Crippen LogP contribution in [0.15, 0.2) is 10.6 Å². The monoisotopic (exact) mass is 437 g/mol. The van der Waals surface area contributed by atoms with Crippen molar-refractivity contribution in [2.24, 2.45) is 11.8 Å². The second-order valence-electron chi connectivity index (χ2n) is 7.44. The normalized spacial score (nSPS) is 31.0. The van der Waals surface area contributed by atoms with E-state index in [1.165, 1.54) is 16.7 Å². The smallest absolute Gasteiger partial charge is 0.353 e. The molecule has 0 spiro atoms. The van der Waals surface area contributed by atoms with E-state index in [0.717, 1.165) is 0 Å². The maximum absolute atomic E-state index is 12.3. The molecule has 3 aliphatic heterocycles. The Balaban J connectivity index is 0.00000261. The average Bonchev–Trinajstić information content (AvgIpc) is 3.09. The number of amides is 2. The van der Waals surface area contributed by atoms with Crippen LogP contribution in [0.5, 0.6) is 0 Å². The Kier molecular flexibility index (Phi) is 9.29. The number of rotatable bonds is 5. The van der Waals surface area contributed by atoms with Gasteiger partial charge in [0, 0.05) is 36.7 Å². The van der Waals surface area contributed by atoms with Crippen LogP contribution in [0.3, 0.4) is 0 Å². The fourth-order valence-corrected chi connectivity index (χ4v) is 5.63. The molecule has 12 heteroatoms. The lowest BCUT2D eigenvalue weighted by molar-refractivity contribution is -0.163. The topological polar surface area (TPSA) is 205 Å². The number of aliphatic hydroxyl groups is 1. The molecule has 11 nitrogen and oxygen atoms in total. The molecule has 1 unspecified atom stereocenters. The summed E-state index contributed by atoms with van der Waals surface area (Å²) >= 11 is 1.45. The highest BCUT2D eigenvalue weighted by Crippen LogP contribution is 2.51. The number of nitrogens with zero attached hydrogens (tertiary/aromatic N) is 2. The number of aliphatic carboxylic acids is 1. The van der Waals surface area contributed by atoms with Crippen LogP contribution in [0, 0.1) is 11.8 Å². The molecule has 0 bridgehead atoms. The summed E-state index contributed by atoms with van der Waals surface area (Å²) in [5.41, 5.74) is 0.0387. The molecule has 168 valence electrons. The number of carbonyl (C=O) groups is 3. The van der Waals surface area contributed by atoms with Crippen LogP contribution in [0.4, 0.5) is 0 Å². The van der Waals surface area contributed by atoms with E-state index in [0.29, 0.717) is 17.9 Å². The van der Waals surface area contributed by atoms with Crippen LogP contribution in [0.2, 0.25) is 0 Å². The van der Waals surface area contributed by atoms with Gasteiger partial charge in [-0.15, -0.1) is 11.8 Å². The molecule has 29 heavy (non-hydrogen) atoms. The van der Waals surface area contributed by atoms with Crippen molar-refractivity contribution < 1.29 is 41.0 Å². The number of nitrogens with one attached hydrogen (secondary N) is 1. The minimum Gasteiger partial charge on any atom is -0.477 e. The zero-order chi connectivity index (χ0) is 19.3. The summed E-state index contributed by atoms with van der Waals surface area (Å²) in [6, 6.07) is -0.568. The fourth-order valence-electron chi connectivity index (χ4n) is 4.15. The highest BCUT2D eigenvalue weighted by atomic mass is 32.2. The molecule has 3 rings (SSSR count). The van der Waals surface area contributed by atoms with E-state index >= 15 is 0 Å². The van der Waals surface area contributed by atoms with Crippen LogP contribution in [0.25, 0.3) is 0 Å². The lowest BCUT2D eigenvalue weighted by atomic mass is 9.79. The molecule has 2 fully saturated rings. The minimum absolute atomic E-state index is 0. The summed E-state index contributed by atoms with van der Waals surface area (Å²) in [5, 5.41) is 22.8. The third kappa shape index (κ3) is 4.42. The number of fused-ring (bicyclic) bond motifs is 1. The zero-order valence-corrected chi connectivity index (χ0v) is 17.6. The maximum atomic E-state index is 12.3. The lowest BCUT2D eigenvalue weighted by Gasteiger charge is -2.46. The van der Waals surface area contributed by atoms with Crippen LogP contribution in [0.1, 0.15) is 20.3 Å². The summed E-state index contributed by atoms with van der Waals surface area (Å²) in [7, 11) is 3.42. The minimum atomic E-state index is -1.12. The zero-order valence-electron chi connectivity index (χ0n) is 16.8. The second kappa shape index (κ2) is 9.87. The highest BCUT2D eigenvalue weighted by molar-refractivity contribution is 8.03. The van der Waals surface area contributed by atoms with E-state index in [1.54, 1.807) is 25.9 Å². The van der Waals surface area contributed by atoms with Crippen molar-refractivity contribution in [1.82, 2.24) is 15.1 Å². The molecule has 3 heterocycles. The molecule has 0 radical (unpaired) electrons. The van der Waals surface area contributed by atoms with E-state index < -0.39 is 18.0 Å². The van der Waals surface area contributed by atoms with Gasteiger partial charge in [0.1, 0.15) is 5.70 Å². The van der Waals surface area contributed by atoms with Crippen molar-refractivity contribution in [3.8, 4) is 0 Å². The fraction of sp³-hybridized carbons (Fsp3) is 0.706. The van der Waals surface area contributed by atoms with Gasteiger partial charge in [-0.25, -0.2) is 4.79 Å². The molecular formula is C17H31N3O8S. The van der Waals surface area contributed by atoms with Crippen molar-refractivity contribution >= 4 is 29.5 Å². The van der Waals surface area contributed by atoms with E-state index in [9.17, 15) is 24.6 Å². The summed E-state index contributed by atoms with van der Waals surface area (Å²) in [4.78, 5) is 39.8. The van der Waals surface area contributed by atoms with Crippen molar-refractivity contribution in [2.45, 2.75) is 43.7 Å². The number of likely N-dealkylation sites (N-methyl/N-ethyl adjacent to an activating group) is 1. The lowest BCUT2D eigenvalue weighted by Crippen LogP contribution is -2.63. The number of aliphatic hydroxyl groups excluding tert-OH is 1. The number of hydrogen-bond acceptors (Lipinski definition) is 6. The van der Waals surface area contributed by atoms with E-state index in [4.69, 9.17) is 0 Å². The van der Waals surface area contributed by atoms with Gasteiger partial charge in [0.15, 0.2) is 0 Å². The standard InChI is InChI=1S/C17H25N3O5S.3H2O/c1-7-12-11(8(2)21)16(23)20(12)13(17(24)25)14(7)26-9-5-10(18-6-9)15(22)19(3)4;;;/h7-12,18,21H,5-6H2,1-4H3,(H,24,25);3*1H2/t7-,8-,9-,10-,11-,12?;;;/m1.../s1. The quantitative estimate of drug-likeness (QED) is 0.385. The summed E-state index contributed by atoms with van der Waals surface area (Å²) in [6.07, 6.45) is -0.190. The van der Waals surface area contributed by atoms with Crippen molar-refractivity contribution in [1.29, 1.82) is 0 Å². The SMILES string of the molecule is C[C@H]1C(S[C@H]2CN[C@@H](C(=O)N(C)C)C2)=C(C(=O)O)N2C(=O)[C@H]([C@@H](C)O)C12.O.O.O. The first-order valence-corrected chi connectivity index (χ1v) is 9.62. The molecule has 2 saturated heterocycles. The molecule has 0 aromatic carbocycles. The summed E-state index contributed by atoms with van der Waals surface area (Å²) in [6.45, 7) is 4.08. The van der Waals surface area contributed by atoms with Crippen molar-refractivity contribution in [2.75, 3.05) is 20.6 Å². The van der Waals surface area contributed by atoms with Crippen LogP contribution < -0.4 is 5.32 Å². The van der Waals surface area contributed by atoms with Gasteiger partial charge in [-0.1, -0.05) is 6.92 Å². The number of thioether (sulfide) groups is 1. The Morgan fingerprint density at radius 2 is 1.86 bits per heavy atom. The Bertz CT molecular complexity index is 684. The Morgan fingerprint density at radius 3 is 2.34 bits per heavy atom. The first-order valence-electron chi connectivity index (χ1n) is 8.75. The molecule has 0 aromatic rings. The predicted molar refractivity (Wildman–Crippen MR) is 107 cm³/mol. The number of carboxylic acid groups (broad SMARTS) is 1. The van der Waals surface area contributed by atoms with Gasteiger partial charge in [-0.2, -0.15) is 0 Å². The summed E-state index contributed by atoms with van der Waals surface area (Å²) < 4.78 is 0. The number of carboxylic acids is 1. The Morgan fingerprint density at radius 1 is 1.28 bits per heavy atom. The van der Waals surface area contributed by atoms with Gasteiger partial charge in [0.25, 0.3) is 0 Å². The van der Waals surface area contributed by atoms with Gasteiger partial charge in [-0.3, -0.25) is 9.59 Å². The third-order valence-electron chi connectivity index (χ3n) is 5.43. The Hall–Kier alpha value is -1.70. The van der Waals surface area contributed by atoms with Gasteiger partial charge in [-0.05, 0) is 13.3 Å². The van der Waals surface area contributed by atoms with Gasteiger partial charge < -0.3 is 41.8 Å². The molecule has 0 aliphatic carbocycles. The van der Waals surface area contributed by atoms with Gasteiger partial charge in [0.05, 0.1) is 24.1 Å². The first kappa shape index (κ1) is 27.3. The largest absolute Gasteiger partial charge is 0.477 e. The van der Waals surface area contributed by atoms with Crippen LogP contribution in [-0.4, -0.2) is 98.3 Å². The molecule has 6 atom stereocenters. The molecule has 2 amide bonds. The van der Waals surface area contributed by atoms with E-state index in [-0.39, 0.29) is 57.2 Å². The van der Waals surface area contributed by atoms with Crippen LogP contribution >= 0.6 is 11.8 Å².